The highest BCUT2D eigenvalue weighted by Gasteiger charge is 2.33. The zero-order chi connectivity index (χ0) is 18.0. The Morgan fingerprint density at radius 1 is 1.08 bits per heavy atom. The predicted octanol–water partition coefficient (Wildman–Crippen LogP) is 2.73. The number of sulfone groups is 1. The Labute approximate surface area is 148 Å². The molecule has 1 aliphatic carbocycles. The molecule has 0 spiro atoms. The van der Waals surface area contributed by atoms with E-state index in [2.05, 4.69) is 10.6 Å². The van der Waals surface area contributed by atoms with E-state index in [9.17, 15) is 17.6 Å². The number of hydrogen-bond acceptors (Lipinski definition) is 3. The highest BCUT2D eigenvalue weighted by molar-refractivity contribution is 7.92. The summed E-state index contributed by atoms with van der Waals surface area (Å²) in [6.45, 7) is 1.72. The molecular weight excluding hydrogens is 343 g/mol. The number of halogens is 1. The van der Waals surface area contributed by atoms with Gasteiger partial charge in [-0.3, -0.25) is 0 Å². The van der Waals surface area contributed by atoms with Crippen molar-refractivity contribution in [2.75, 3.05) is 5.75 Å². The van der Waals surface area contributed by atoms with Gasteiger partial charge < -0.3 is 10.6 Å². The summed E-state index contributed by atoms with van der Waals surface area (Å²) in [5.41, 5.74) is 0.708. The van der Waals surface area contributed by atoms with Crippen LogP contribution in [0.2, 0.25) is 0 Å². The molecule has 1 aromatic rings. The van der Waals surface area contributed by atoms with Gasteiger partial charge in [0, 0.05) is 12.1 Å². The van der Waals surface area contributed by atoms with Crippen LogP contribution in [0.5, 0.6) is 0 Å². The fourth-order valence-corrected chi connectivity index (χ4v) is 5.51. The quantitative estimate of drug-likeness (QED) is 0.861. The molecule has 25 heavy (non-hydrogen) atoms. The summed E-state index contributed by atoms with van der Waals surface area (Å²) in [7, 11) is -3.12. The summed E-state index contributed by atoms with van der Waals surface area (Å²) in [5, 5.41) is 5.37. The number of carbonyl (C=O) groups excluding carboxylic acids is 1. The van der Waals surface area contributed by atoms with Crippen LogP contribution >= 0.6 is 0 Å². The molecule has 2 amide bonds. The highest BCUT2D eigenvalue weighted by atomic mass is 32.2. The Balaban J connectivity index is 1.50. The van der Waals surface area contributed by atoms with Gasteiger partial charge in [-0.05, 0) is 56.6 Å². The second-order valence-corrected chi connectivity index (χ2v) is 9.72. The van der Waals surface area contributed by atoms with Crippen LogP contribution in [-0.2, 0) is 9.84 Å². The van der Waals surface area contributed by atoms with Gasteiger partial charge in [-0.25, -0.2) is 17.6 Å². The van der Waals surface area contributed by atoms with Gasteiger partial charge >= 0.3 is 6.03 Å². The highest BCUT2D eigenvalue weighted by Crippen LogP contribution is 2.35. The van der Waals surface area contributed by atoms with E-state index in [4.69, 9.17) is 0 Å². The van der Waals surface area contributed by atoms with E-state index in [1.54, 1.807) is 19.1 Å². The van der Waals surface area contributed by atoms with Gasteiger partial charge in [0.15, 0.2) is 9.84 Å². The molecule has 4 unspecified atom stereocenters. The van der Waals surface area contributed by atoms with E-state index in [0.717, 1.165) is 12.8 Å². The minimum Gasteiger partial charge on any atom is -0.335 e. The lowest BCUT2D eigenvalue weighted by atomic mass is 9.97. The van der Waals surface area contributed by atoms with Crippen molar-refractivity contribution in [3.63, 3.8) is 0 Å². The third-order valence-corrected chi connectivity index (χ3v) is 7.75. The first-order valence-corrected chi connectivity index (χ1v) is 10.6. The molecule has 1 saturated heterocycles. The van der Waals surface area contributed by atoms with Crippen LogP contribution in [0, 0.1) is 5.82 Å². The Morgan fingerprint density at radius 2 is 1.76 bits per heavy atom. The van der Waals surface area contributed by atoms with Crippen molar-refractivity contribution >= 4 is 15.9 Å². The minimum absolute atomic E-state index is 0.00407. The molecule has 0 bridgehead atoms. The van der Waals surface area contributed by atoms with Crippen molar-refractivity contribution in [1.29, 1.82) is 0 Å². The van der Waals surface area contributed by atoms with E-state index >= 15 is 0 Å². The monoisotopic (exact) mass is 368 g/mol. The van der Waals surface area contributed by atoms with Crippen LogP contribution in [0.4, 0.5) is 9.18 Å². The van der Waals surface area contributed by atoms with E-state index < -0.39 is 9.84 Å². The summed E-state index contributed by atoms with van der Waals surface area (Å²) in [5.74, 6) is -0.0778. The van der Waals surface area contributed by atoms with Gasteiger partial charge in [-0.1, -0.05) is 18.2 Å². The predicted molar refractivity (Wildman–Crippen MR) is 94.7 cm³/mol. The summed E-state index contributed by atoms with van der Waals surface area (Å²) in [6, 6.07) is 6.11. The second-order valence-electron chi connectivity index (χ2n) is 7.26. The molecule has 7 heteroatoms. The van der Waals surface area contributed by atoms with Crippen LogP contribution in [0.3, 0.4) is 0 Å². The van der Waals surface area contributed by atoms with Crippen molar-refractivity contribution in [2.24, 2.45) is 0 Å². The first-order chi connectivity index (χ1) is 11.8. The molecule has 2 N–H and O–H groups in total. The van der Waals surface area contributed by atoms with Crippen LogP contribution < -0.4 is 10.6 Å². The maximum Gasteiger partial charge on any atom is 0.315 e. The van der Waals surface area contributed by atoms with Crippen LogP contribution in [0.15, 0.2) is 24.3 Å². The minimum atomic E-state index is -3.12. The van der Waals surface area contributed by atoms with Crippen molar-refractivity contribution in [2.45, 2.75) is 62.3 Å². The van der Waals surface area contributed by atoms with E-state index in [0.29, 0.717) is 24.8 Å². The normalized spacial score (nSPS) is 31.4. The average molecular weight is 368 g/mol. The lowest BCUT2D eigenvalue weighted by molar-refractivity contribution is 0.233. The Morgan fingerprint density at radius 3 is 2.48 bits per heavy atom. The molecule has 2 aliphatic rings. The number of nitrogens with one attached hydrogen (secondary N) is 2. The molecule has 0 aromatic heterocycles. The van der Waals surface area contributed by atoms with Crippen molar-refractivity contribution < 1.29 is 17.6 Å². The molecule has 4 atom stereocenters. The second kappa shape index (κ2) is 7.32. The Bertz CT molecular complexity index is 738. The number of benzene rings is 1. The van der Waals surface area contributed by atoms with E-state index in [-0.39, 0.29) is 40.9 Å². The molecular formula is C18H25FN2O3S. The SMILES string of the molecule is CC1CCC(NC(=O)NC2CCC(c3ccccc3F)C2)CS1(=O)=O. The van der Waals surface area contributed by atoms with Crippen molar-refractivity contribution in [3.05, 3.63) is 35.6 Å². The topological polar surface area (TPSA) is 75.3 Å². The number of rotatable bonds is 3. The fraction of sp³-hybridized carbons (Fsp3) is 0.611. The molecule has 1 saturated carbocycles. The van der Waals surface area contributed by atoms with Gasteiger partial charge in [0.05, 0.1) is 11.0 Å². The number of urea groups is 1. The Kier molecular flexibility index (Phi) is 5.32. The molecule has 0 radical (unpaired) electrons. The third kappa shape index (κ3) is 4.32. The van der Waals surface area contributed by atoms with E-state index in [1.165, 1.54) is 6.07 Å². The zero-order valence-electron chi connectivity index (χ0n) is 14.4. The van der Waals surface area contributed by atoms with Crippen LogP contribution in [0.25, 0.3) is 0 Å². The molecule has 3 rings (SSSR count). The van der Waals surface area contributed by atoms with Crippen LogP contribution in [0.1, 0.15) is 50.5 Å². The van der Waals surface area contributed by atoms with E-state index in [1.807, 2.05) is 6.07 Å². The largest absolute Gasteiger partial charge is 0.335 e. The van der Waals surface area contributed by atoms with Crippen LogP contribution in [-0.4, -0.2) is 37.5 Å². The number of amides is 2. The lowest BCUT2D eigenvalue weighted by Crippen LogP contribution is -2.50. The maximum absolute atomic E-state index is 13.9. The van der Waals surface area contributed by atoms with Crippen molar-refractivity contribution in [3.8, 4) is 0 Å². The van der Waals surface area contributed by atoms with Gasteiger partial charge in [-0.15, -0.1) is 0 Å². The van der Waals surface area contributed by atoms with Gasteiger partial charge in [0.2, 0.25) is 0 Å². The van der Waals surface area contributed by atoms with Gasteiger partial charge in [0.25, 0.3) is 0 Å². The zero-order valence-corrected chi connectivity index (χ0v) is 15.2. The molecule has 1 heterocycles. The lowest BCUT2D eigenvalue weighted by Gasteiger charge is -2.27. The summed E-state index contributed by atoms with van der Waals surface area (Å²) in [6.07, 6.45) is 3.59. The standard InChI is InChI=1S/C18H25FN2O3S/c1-12-6-8-15(11-25(12,23)24)21-18(22)20-14-9-7-13(10-14)16-4-2-3-5-17(16)19/h2-5,12-15H,6-11H2,1H3,(H2,20,21,22). The smallest absolute Gasteiger partial charge is 0.315 e. The van der Waals surface area contributed by atoms with Crippen molar-refractivity contribution in [1.82, 2.24) is 10.6 Å². The Hall–Kier alpha value is -1.63. The first-order valence-electron chi connectivity index (χ1n) is 8.88. The molecule has 1 aromatic carbocycles. The van der Waals surface area contributed by atoms with Gasteiger partial charge in [0.1, 0.15) is 5.82 Å². The number of hydrogen-bond donors (Lipinski definition) is 2. The maximum atomic E-state index is 13.9. The fourth-order valence-electron chi connectivity index (χ4n) is 3.87. The molecule has 2 fully saturated rings. The molecule has 1 aliphatic heterocycles. The van der Waals surface area contributed by atoms with Gasteiger partial charge in [-0.2, -0.15) is 0 Å². The summed E-state index contributed by atoms with van der Waals surface area (Å²) < 4.78 is 37.8. The third-order valence-electron chi connectivity index (χ3n) is 5.42. The molecule has 138 valence electrons. The number of carbonyl (C=O) groups is 1. The summed E-state index contributed by atoms with van der Waals surface area (Å²) in [4.78, 5) is 12.2. The average Bonchev–Trinajstić information content (AvgIpc) is 2.99. The molecule has 5 nitrogen and oxygen atoms in total. The summed E-state index contributed by atoms with van der Waals surface area (Å²) >= 11 is 0. The first kappa shape index (κ1) is 18.2.